The summed E-state index contributed by atoms with van der Waals surface area (Å²) in [5.74, 6) is 1.70. The highest BCUT2D eigenvalue weighted by atomic mass is 14.1. The number of rotatable bonds is 7. The fourth-order valence-electron chi connectivity index (χ4n) is 1.57. The smallest absolute Gasteiger partial charge is 0.0322 e. The summed E-state index contributed by atoms with van der Waals surface area (Å²) < 4.78 is 0. The molecule has 0 saturated heterocycles. The fourth-order valence-corrected chi connectivity index (χ4v) is 1.57. The first-order valence-electron chi connectivity index (χ1n) is 6.35. The molecule has 0 rings (SSSR count). The van der Waals surface area contributed by atoms with E-state index in [1.165, 1.54) is 31.3 Å². The van der Waals surface area contributed by atoms with Gasteiger partial charge in [-0.3, -0.25) is 0 Å². The monoisotopic (exact) mass is 208 g/mol. The second-order valence-corrected chi connectivity index (χ2v) is 5.10. The second-order valence-electron chi connectivity index (χ2n) is 5.10. The molecule has 0 aromatic heterocycles. The van der Waals surface area contributed by atoms with Crippen LogP contribution in [0.25, 0.3) is 0 Å². The molecule has 0 amide bonds. The Hall–Kier alpha value is -0.520. The summed E-state index contributed by atoms with van der Waals surface area (Å²) in [5, 5.41) is 0. The maximum Gasteiger partial charge on any atom is -0.0322 e. The topological polar surface area (TPSA) is 0 Å². The number of allylic oxidation sites excluding steroid dienone is 4. The van der Waals surface area contributed by atoms with Gasteiger partial charge >= 0.3 is 0 Å². The van der Waals surface area contributed by atoms with Gasteiger partial charge in [-0.2, -0.15) is 0 Å². The minimum atomic E-state index is 0.838. The predicted octanol–water partition coefficient (Wildman–Crippen LogP) is 5.36. The Morgan fingerprint density at radius 3 is 2.33 bits per heavy atom. The first-order chi connectivity index (χ1) is 7.06. The van der Waals surface area contributed by atoms with Gasteiger partial charge in [-0.1, -0.05) is 63.8 Å². The van der Waals surface area contributed by atoms with Crippen molar-refractivity contribution < 1.29 is 0 Å². The van der Waals surface area contributed by atoms with E-state index >= 15 is 0 Å². The van der Waals surface area contributed by atoms with E-state index in [0.29, 0.717) is 0 Å². The molecule has 15 heavy (non-hydrogen) atoms. The van der Waals surface area contributed by atoms with Crippen LogP contribution in [0.4, 0.5) is 0 Å². The fraction of sp³-hybridized carbons (Fsp3) is 0.733. The third-order valence-corrected chi connectivity index (χ3v) is 2.85. The number of hydrogen-bond acceptors (Lipinski definition) is 0. The molecule has 0 aliphatic carbocycles. The SMILES string of the molecule is C/C=C(C)/C=C\C[C@@H](C)CCCC(C)C. The van der Waals surface area contributed by atoms with Gasteiger partial charge in [0.2, 0.25) is 0 Å². The van der Waals surface area contributed by atoms with Crippen LogP contribution in [0.3, 0.4) is 0 Å². The Bertz CT molecular complexity index is 196. The third kappa shape index (κ3) is 9.78. The van der Waals surface area contributed by atoms with Gasteiger partial charge in [0.05, 0.1) is 0 Å². The minimum Gasteiger partial charge on any atom is -0.0847 e. The standard InChI is InChI=1S/C15H28/c1-6-14(4)10-8-12-15(5)11-7-9-13(2)3/h6,8,10,13,15H,7,9,11-12H2,1-5H3/b10-8-,14-6+/t15-/m0/s1. The predicted molar refractivity (Wildman–Crippen MR) is 71.0 cm³/mol. The average molecular weight is 208 g/mol. The Labute approximate surface area is 96.5 Å². The first kappa shape index (κ1) is 14.5. The zero-order valence-electron chi connectivity index (χ0n) is 11.2. The molecular formula is C15H28. The van der Waals surface area contributed by atoms with E-state index in [2.05, 4.69) is 52.8 Å². The van der Waals surface area contributed by atoms with Crippen LogP contribution in [0.2, 0.25) is 0 Å². The summed E-state index contributed by atoms with van der Waals surface area (Å²) in [6, 6.07) is 0. The molecule has 0 unspecified atom stereocenters. The van der Waals surface area contributed by atoms with E-state index in [1.807, 2.05) is 0 Å². The molecule has 0 aliphatic rings. The summed E-state index contributed by atoms with van der Waals surface area (Å²) in [5.41, 5.74) is 1.37. The lowest BCUT2D eigenvalue weighted by atomic mass is 9.97. The van der Waals surface area contributed by atoms with Crippen LogP contribution < -0.4 is 0 Å². The highest BCUT2D eigenvalue weighted by molar-refractivity contribution is 5.14. The molecule has 0 aliphatic heterocycles. The molecule has 88 valence electrons. The average Bonchev–Trinajstić information content (AvgIpc) is 2.17. The van der Waals surface area contributed by atoms with Gasteiger partial charge in [0, 0.05) is 0 Å². The van der Waals surface area contributed by atoms with Crippen LogP contribution in [0.15, 0.2) is 23.8 Å². The molecule has 0 heteroatoms. The lowest BCUT2D eigenvalue weighted by molar-refractivity contribution is 0.461. The quantitative estimate of drug-likeness (QED) is 0.494. The molecule has 0 aromatic carbocycles. The van der Waals surface area contributed by atoms with Crippen molar-refractivity contribution in [2.45, 2.75) is 60.3 Å². The van der Waals surface area contributed by atoms with Gasteiger partial charge in [0.25, 0.3) is 0 Å². The van der Waals surface area contributed by atoms with Gasteiger partial charge in [-0.15, -0.1) is 0 Å². The third-order valence-electron chi connectivity index (χ3n) is 2.85. The molecule has 0 aromatic rings. The van der Waals surface area contributed by atoms with Crippen molar-refractivity contribution in [1.82, 2.24) is 0 Å². The lowest BCUT2D eigenvalue weighted by Gasteiger charge is -2.09. The summed E-state index contributed by atoms with van der Waals surface area (Å²) in [6.45, 7) is 11.2. The van der Waals surface area contributed by atoms with Crippen LogP contribution >= 0.6 is 0 Å². The van der Waals surface area contributed by atoms with E-state index in [0.717, 1.165) is 11.8 Å². The van der Waals surface area contributed by atoms with Crippen molar-refractivity contribution >= 4 is 0 Å². The largest absolute Gasteiger partial charge is 0.0847 e. The maximum atomic E-state index is 2.36. The van der Waals surface area contributed by atoms with Crippen molar-refractivity contribution in [3.8, 4) is 0 Å². The van der Waals surface area contributed by atoms with E-state index in [4.69, 9.17) is 0 Å². The van der Waals surface area contributed by atoms with Crippen LogP contribution in [-0.2, 0) is 0 Å². The van der Waals surface area contributed by atoms with Crippen LogP contribution in [0, 0.1) is 11.8 Å². The van der Waals surface area contributed by atoms with Crippen LogP contribution in [0.1, 0.15) is 60.3 Å². The van der Waals surface area contributed by atoms with Crippen molar-refractivity contribution in [2.24, 2.45) is 11.8 Å². The van der Waals surface area contributed by atoms with Gasteiger partial charge in [0.15, 0.2) is 0 Å². The molecule has 0 radical (unpaired) electrons. The van der Waals surface area contributed by atoms with Gasteiger partial charge < -0.3 is 0 Å². The van der Waals surface area contributed by atoms with E-state index in [9.17, 15) is 0 Å². The number of hydrogen-bond donors (Lipinski definition) is 0. The van der Waals surface area contributed by atoms with Gasteiger partial charge in [-0.05, 0) is 32.1 Å². The molecule has 0 nitrogen and oxygen atoms in total. The summed E-state index contributed by atoms with van der Waals surface area (Å²) >= 11 is 0. The second kappa shape index (κ2) is 8.76. The summed E-state index contributed by atoms with van der Waals surface area (Å²) in [7, 11) is 0. The molecule has 0 heterocycles. The Balaban J connectivity index is 3.57. The minimum absolute atomic E-state index is 0.838. The highest BCUT2D eigenvalue weighted by Gasteiger charge is 2.00. The van der Waals surface area contributed by atoms with Gasteiger partial charge in [-0.25, -0.2) is 0 Å². The van der Waals surface area contributed by atoms with Crippen LogP contribution in [0.5, 0.6) is 0 Å². The first-order valence-corrected chi connectivity index (χ1v) is 6.35. The normalized spacial score (nSPS) is 15.2. The van der Waals surface area contributed by atoms with E-state index < -0.39 is 0 Å². The van der Waals surface area contributed by atoms with Crippen molar-refractivity contribution in [3.05, 3.63) is 23.8 Å². The summed E-state index contributed by atoms with van der Waals surface area (Å²) in [6.07, 6.45) is 12.1. The highest BCUT2D eigenvalue weighted by Crippen LogP contribution is 2.15. The Morgan fingerprint density at radius 1 is 1.13 bits per heavy atom. The van der Waals surface area contributed by atoms with Gasteiger partial charge in [0.1, 0.15) is 0 Å². The summed E-state index contributed by atoms with van der Waals surface area (Å²) in [4.78, 5) is 0. The van der Waals surface area contributed by atoms with Crippen LogP contribution in [-0.4, -0.2) is 0 Å². The molecule has 0 bridgehead atoms. The molecule has 1 atom stereocenters. The van der Waals surface area contributed by atoms with Crippen molar-refractivity contribution in [1.29, 1.82) is 0 Å². The molecule has 0 saturated carbocycles. The zero-order chi connectivity index (χ0) is 11.7. The van der Waals surface area contributed by atoms with Crippen molar-refractivity contribution in [2.75, 3.05) is 0 Å². The molecule has 0 N–H and O–H groups in total. The van der Waals surface area contributed by atoms with Crippen molar-refractivity contribution in [3.63, 3.8) is 0 Å². The molecular weight excluding hydrogens is 180 g/mol. The van der Waals surface area contributed by atoms with E-state index in [-0.39, 0.29) is 0 Å². The Kier molecular flexibility index (Phi) is 8.46. The van der Waals surface area contributed by atoms with E-state index in [1.54, 1.807) is 0 Å². The molecule has 0 spiro atoms. The zero-order valence-corrected chi connectivity index (χ0v) is 11.2. The lowest BCUT2D eigenvalue weighted by Crippen LogP contribution is -1.95. The Morgan fingerprint density at radius 2 is 1.80 bits per heavy atom. The molecule has 0 fully saturated rings. The maximum absolute atomic E-state index is 2.36.